The maximum Gasteiger partial charge on any atom is 0.131 e. The molecule has 3 heterocycles. The van der Waals surface area contributed by atoms with Crippen molar-refractivity contribution >= 4 is 11.3 Å². The van der Waals surface area contributed by atoms with E-state index < -0.39 is 0 Å². The van der Waals surface area contributed by atoms with Crippen LogP contribution in [0.5, 0.6) is 11.5 Å². The van der Waals surface area contributed by atoms with Crippen molar-refractivity contribution < 1.29 is 9.47 Å². The Balaban J connectivity index is 1.68. The fourth-order valence-electron chi connectivity index (χ4n) is 4.53. The van der Waals surface area contributed by atoms with Crippen LogP contribution in [0.25, 0.3) is 0 Å². The van der Waals surface area contributed by atoms with Gasteiger partial charge in [-0.05, 0) is 42.8 Å². The van der Waals surface area contributed by atoms with E-state index in [4.69, 9.17) is 9.47 Å². The molecule has 132 valence electrons. The number of hydrogen-bond donors (Lipinski definition) is 0. The topological polar surface area (TPSA) is 18.5 Å². The lowest BCUT2D eigenvalue weighted by molar-refractivity contribution is -0.0892. The first kappa shape index (κ1) is 16.1. The minimum absolute atomic E-state index is 0.200. The van der Waals surface area contributed by atoms with Crippen LogP contribution in [0.4, 0.5) is 0 Å². The normalized spacial score (nSPS) is 22.3. The van der Waals surface area contributed by atoms with Crippen LogP contribution in [0, 0.1) is 0 Å². The van der Waals surface area contributed by atoms with E-state index >= 15 is 0 Å². The van der Waals surface area contributed by atoms with E-state index in [1.54, 1.807) is 0 Å². The van der Waals surface area contributed by atoms with Gasteiger partial charge in [0.15, 0.2) is 0 Å². The van der Waals surface area contributed by atoms with Crippen LogP contribution < -0.4 is 4.74 Å². The highest BCUT2D eigenvalue weighted by molar-refractivity contribution is 7.09. The zero-order chi connectivity index (χ0) is 17.4. The summed E-state index contributed by atoms with van der Waals surface area (Å²) in [6, 6.07) is 21.3. The maximum atomic E-state index is 6.64. The molecule has 5 rings (SSSR count). The van der Waals surface area contributed by atoms with Gasteiger partial charge in [0.2, 0.25) is 0 Å². The second kappa shape index (κ2) is 6.57. The molecule has 0 spiro atoms. The van der Waals surface area contributed by atoms with Crippen molar-refractivity contribution in [1.82, 2.24) is 0 Å². The van der Waals surface area contributed by atoms with Crippen LogP contribution in [-0.4, -0.2) is 12.2 Å². The first-order valence-electron chi connectivity index (χ1n) is 9.38. The average molecular weight is 362 g/mol. The highest BCUT2D eigenvalue weighted by Crippen LogP contribution is 2.53. The van der Waals surface area contributed by atoms with Crippen LogP contribution in [0.15, 0.2) is 66.0 Å². The Morgan fingerprint density at radius 2 is 1.62 bits per heavy atom. The second-order valence-corrected chi connectivity index (χ2v) is 8.27. The molecule has 2 aliphatic rings. The molecule has 1 saturated heterocycles. The molecule has 1 atom stereocenters. The van der Waals surface area contributed by atoms with Gasteiger partial charge in [-0.15, -0.1) is 11.3 Å². The fraction of sp³-hybridized carbons (Fsp3) is 0.304. The highest BCUT2D eigenvalue weighted by Gasteiger charge is 2.46. The van der Waals surface area contributed by atoms with Crippen LogP contribution in [0.3, 0.4) is 0 Å². The monoisotopic (exact) mass is 362 g/mol. The number of ether oxygens (including phenoxy) is 2. The predicted octanol–water partition coefficient (Wildman–Crippen LogP) is 6.17. The lowest BCUT2D eigenvalue weighted by atomic mass is 9.70. The van der Waals surface area contributed by atoms with E-state index in [2.05, 4.69) is 66.0 Å². The largest absolute Gasteiger partial charge is 0.457 e. The molecule has 2 aliphatic heterocycles. The summed E-state index contributed by atoms with van der Waals surface area (Å²) in [5.74, 6) is 2.14. The van der Waals surface area contributed by atoms with Gasteiger partial charge in [0.25, 0.3) is 0 Å². The molecule has 2 aromatic carbocycles. The molecule has 0 aliphatic carbocycles. The Labute approximate surface area is 158 Å². The van der Waals surface area contributed by atoms with Crippen molar-refractivity contribution in [2.45, 2.75) is 37.2 Å². The smallest absolute Gasteiger partial charge is 0.131 e. The lowest BCUT2D eigenvalue weighted by Gasteiger charge is -2.46. The number of para-hydroxylation sites is 2. The van der Waals surface area contributed by atoms with Gasteiger partial charge in [-0.25, -0.2) is 0 Å². The van der Waals surface area contributed by atoms with Gasteiger partial charge < -0.3 is 9.47 Å². The minimum Gasteiger partial charge on any atom is -0.457 e. The standard InChI is InChI=1S/C23H22O2S/c1-3-11-20-18(9-1)22(19-10-2-4-12-21(19)25-20)23(13-5-6-14-24-23)16-17-8-7-15-26-17/h1-4,7-12,15,22H,5-6,13-14,16H2. The quantitative estimate of drug-likeness (QED) is 0.555. The molecule has 2 nitrogen and oxygen atoms in total. The molecular formula is C23H22O2S. The van der Waals surface area contributed by atoms with Gasteiger partial charge in [0.05, 0.1) is 5.60 Å². The molecule has 0 saturated carbocycles. The lowest BCUT2D eigenvalue weighted by Crippen LogP contribution is -2.45. The van der Waals surface area contributed by atoms with Gasteiger partial charge >= 0.3 is 0 Å². The van der Waals surface area contributed by atoms with E-state index in [1.807, 2.05) is 11.3 Å². The molecule has 1 unspecified atom stereocenters. The molecular weight excluding hydrogens is 340 g/mol. The Kier molecular flexibility index (Phi) is 4.07. The van der Waals surface area contributed by atoms with E-state index in [0.717, 1.165) is 37.4 Å². The summed E-state index contributed by atoms with van der Waals surface area (Å²) in [6.45, 7) is 0.840. The molecule has 0 amide bonds. The molecule has 3 heteroatoms. The maximum absolute atomic E-state index is 6.64. The summed E-state index contributed by atoms with van der Waals surface area (Å²) in [6.07, 6.45) is 4.40. The second-order valence-electron chi connectivity index (χ2n) is 7.24. The molecule has 0 radical (unpaired) electrons. The van der Waals surface area contributed by atoms with E-state index in [-0.39, 0.29) is 11.5 Å². The zero-order valence-electron chi connectivity index (χ0n) is 14.7. The predicted molar refractivity (Wildman–Crippen MR) is 105 cm³/mol. The average Bonchev–Trinajstić information content (AvgIpc) is 3.19. The van der Waals surface area contributed by atoms with Crippen LogP contribution >= 0.6 is 11.3 Å². The van der Waals surface area contributed by atoms with E-state index in [0.29, 0.717) is 0 Å². The van der Waals surface area contributed by atoms with Gasteiger partial charge in [-0.2, -0.15) is 0 Å². The van der Waals surface area contributed by atoms with Crippen molar-refractivity contribution in [2.24, 2.45) is 0 Å². The number of hydrogen-bond acceptors (Lipinski definition) is 3. The number of thiophene rings is 1. The van der Waals surface area contributed by atoms with Crippen molar-refractivity contribution in [1.29, 1.82) is 0 Å². The van der Waals surface area contributed by atoms with Crippen molar-refractivity contribution in [3.63, 3.8) is 0 Å². The highest BCUT2D eigenvalue weighted by atomic mass is 32.1. The third-order valence-electron chi connectivity index (χ3n) is 5.64. The molecule has 3 aromatic rings. The fourth-order valence-corrected chi connectivity index (χ4v) is 5.34. The summed E-state index contributed by atoms with van der Waals surface area (Å²) in [7, 11) is 0. The van der Waals surface area contributed by atoms with Crippen LogP contribution in [0.1, 0.15) is 41.2 Å². The van der Waals surface area contributed by atoms with Gasteiger partial charge in [0.1, 0.15) is 11.5 Å². The number of fused-ring (bicyclic) bond motifs is 2. The minimum atomic E-state index is -0.209. The zero-order valence-corrected chi connectivity index (χ0v) is 15.5. The van der Waals surface area contributed by atoms with E-state index in [1.165, 1.54) is 22.4 Å². The summed E-state index contributed by atoms with van der Waals surface area (Å²) >= 11 is 1.83. The van der Waals surface area contributed by atoms with Crippen LogP contribution in [-0.2, 0) is 11.2 Å². The van der Waals surface area contributed by atoms with Gasteiger partial charge in [0, 0.05) is 34.9 Å². The van der Waals surface area contributed by atoms with Crippen molar-refractivity contribution in [3.8, 4) is 11.5 Å². The van der Waals surface area contributed by atoms with E-state index in [9.17, 15) is 0 Å². The van der Waals surface area contributed by atoms with Crippen molar-refractivity contribution in [2.75, 3.05) is 6.61 Å². The summed E-state index contributed by atoms with van der Waals surface area (Å²) in [5.41, 5.74) is 2.30. The summed E-state index contributed by atoms with van der Waals surface area (Å²) in [4.78, 5) is 1.40. The Morgan fingerprint density at radius 3 is 2.23 bits per heavy atom. The molecule has 0 bridgehead atoms. The first-order valence-corrected chi connectivity index (χ1v) is 10.3. The van der Waals surface area contributed by atoms with Crippen LogP contribution in [0.2, 0.25) is 0 Å². The number of rotatable bonds is 3. The molecule has 26 heavy (non-hydrogen) atoms. The number of benzene rings is 2. The Morgan fingerprint density at radius 1 is 0.885 bits per heavy atom. The van der Waals surface area contributed by atoms with Crippen molar-refractivity contribution in [3.05, 3.63) is 82.0 Å². The summed E-state index contributed by atoms with van der Waals surface area (Å²) in [5, 5.41) is 2.16. The Hall–Kier alpha value is -2.10. The third-order valence-corrected chi connectivity index (χ3v) is 6.52. The first-order chi connectivity index (χ1) is 12.9. The molecule has 0 N–H and O–H groups in total. The SMILES string of the molecule is c1csc(CC2(C3c4ccccc4Oc4ccccc43)CCCCO2)c1. The Bertz CT molecular complexity index is 849. The third kappa shape index (κ3) is 2.67. The van der Waals surface area contributed by atoms with Gasteiger partial charge in [-0.3, -0.25) is 0 Å². The molecule has 1 aromatic heterocycles. The summed E-state index contributed by atoms with van der Waals surface area (Å²) < 4.78 is 12.9. The van der Waals surface area contributed by atoms with Gasteiger partial charge in [-0.1, -0.05) is 42.5 Å². The molecule has 1 fully saturated rings.